The van der Waals surface area contributed by atoms with E-state index in [1.165, 1.54) is 11.3 Å². The van der Waals surface area contributed by atoms with Crippen molar-refractivity contribution in [1.29, 1.82) is 0 Å². The first-order valence-corrected chi connectivity index (χ1v) is 8.95. The van der Waals surface area contributed by atoms with Crippen molar-refractivity contribution in [2.75, 3.05) is 6.54 Å². The number of aryl methyl sites for hydroxylation is 1. The first-order valence-electron chi connectivity index (χ1n) is 8.13. The molecule has 1 aliphatic heterocycles. The van der Waals surface area contributed by atoms with Crippen LogP contribution < -0.4 is 4.80 Å². The summed E-state index contributed by atoms with van der Waals surface area (Å²) in [5.74, 6) is -1.07. The number of benzene rings is 2. The number of carbonyl (C=O) groups excluding carboxylic acids is 3. The highest BCUT2D eigenvalue weighted by Crippen LogP contribution is 2.22. The van der Waals surface area contributed by atoms with Crippen LogP contribution in [0.15, 0.2) is 53.5 Å². The molecule has 0 spiro atoms. The third kappa shape index (κ3) is 2.66. The van der Waals surface area contributed by atoms with Gasteiger partial charge in [0.25, 0.3) is 11.8 Å². The second-order valence-electron chi connectivity index (χ2n) is 5.97. The minimum absolute atomic E-state index is 0.000284. The zero-order valence-corrected chi connectivity index (χ0v) is 14.8. The molecule has 130 valence electrons. The van der Waals surface area contributed by atoms with Gasteiger partial charge in [-0.1, -0.05) is 35.6 Å². The van der Waals surface area contributed by atoms with Crippen molar-refractivity contribution in [3.63, 3.8) is 0 Å². The Morgan fingerprint density at radius 2 is 1.62 bits per heavy atom. The molecule has 4 rings (SSSR count). The molecular formula is C19H15N3O3S. The second kappa shape index (κ2) is 6.34. The van der Waals surface area contributed by atoms with Crippen molar-refractivity contribution in [2.24, 2.45) is 12.0 Å². The van der Waals surface area contributed by atoms with Gasteiger partial charge in [0.1, 0.15) is 0 Å². The third-order valence-electron chi connectivity index (χ3n) is 4.36. The zero-order chi connectivity index (χ0) is 18.3. The molecule has 1 aliphatic rings. The molecule has 3 amide bonds. The SMILES string of the molecule is Cn1c(=NC(=O)CCN2C(=O)c3ccccc3C2=O)sc2ccccc21. The lowest BCUT2D eigenvalue weighted by molar-refractivity contribution is -0.118. The molecule has 2 heterocycles. The van der Waals surface area contributed by atoms with Gasteiger partial charge in [-0.2, -0.15) is 4.99 Å². The van der Waals surface area contributed by atoms with Crippen LogP contribution in [0.2, 0.25) is 0 Å². The van der Waals surface area contributed by atoms with Gasteiger partial charge in [0.2, 0.25) is 5.91 Å². The molecule has 2 aromatic carbocycles. The number of para-hydroxylation sites is 1. The average Bonchev–Trinajstić information content (AvgIpc) is 3.09. The van der Waals surface area contributed by atoms with Crippen LogP contribution >= 0.6 is 11.3 Å². The van der Waals surface area contributed by atoms with Gasteiger partial charge in [0.15, 0.2) is 4.80 Å². The summed E-state index contributed by atoms with van der Waals surface area (Å²) in [7, 11) is 1.86. The molecule has 26 heavy (non-hydrogen) atoms. The Balaban J connectivity index is 1.52. The van der Waals surface area contributed by atoms with Crippen LogP contribution in [0.5, 0.6) is 0 Å². The van der Waals surface area contributed by atoms with E-state index in [-0.39, 0.29) is 30.7 Å². The van der Waals surface area contributed by atoms with Crippen LogP contribution in [0, 0.1) is 0 Å². The number of carbonyl (C=O) groups is 3. The van der Waals surface area contributed by atoms with Gasteiger partial charge in [-0.05, 0) is 24.3 Å². The molecule has 0 unspecified atom stereocenters. The predicted molar refractivity (Wildman–Crippen MR) is 97.8 cm³/mol. The highest BCUT2D eigenvalue weighted by molar-refractivity contribution is 7.16. The Hall–Kier alpha value is -3.06. The number of hydrogen-bond donors (Lipinski definition) is 0. The van der Waals surface area contributed by atoms with E-state index in [9.17, 15) is 14.4 Å². The zero-order valence-electron chi connectivity index (χ0n) is 14.0. The number of thiazole rings is 1. The molecule has 3 aromatic rings. The van der Waals surface area contributed by atoms with E-state index in [1.807, 2.05) is 35.9 Å². The summed E-state index contributed by atoms with van der Waals surface area (Å²) in [6, 6.07) is 14.5. The number of fused-ring (bicyclic) bond motifs is 2. The topological polar surface area (TPSA) is 71.7 Å². The van der Waals surface area contributed by atoms with Crippen LogP contribution in [0.1, 0.15) is 27.1 Å². The van der Waals surface area contributed by atoms with Crippen LogP contribution in [-0.4, -0.2) is 33.7 Å². The number of aromatic nitrogens is 1. The minimum atomic E-state index is -0.358. The Bertz CT molecular complexity index is 1090. The first-order chi connectivity index (χ1) is 12.6. The summed E-state index contributed by atoms with van der Waals surface area (Å²) in [4.78, 5) is 42.7. The minimum Gasteiger partial charge on any atom is -0.319 e. The van der Waals surface area contributed by atoms with E-state index >= 15 is 0 Å². The summed E-state index contributed by atoms with van der Waals surface area (Å²) in [6.45, 7) is 0.0310. The molecule has 0 fully saturated rings. The van der Waals surface area contributed by atoms with E-state index in [1.54, 1.807) is 24.3 Å². The van der Waals surface area contributed by atoms with E-state index < -0.39 is 0 Å². The van der Waals surface area contributed by atoms with Gasteiger partial charge >= 0.3 is 0 Å². The van der Waals surface area contributed by atoms with Gasteiger partial charge in [-0.15, -0.1) is 0 Å². The Labute approximate surface area is 153 Å². The molecule has 0 bridgehead atoms. The molecular weight excluding hydrogens is 350 g/mol. The smallest absolute Gasteiger partial charge is 0.261 e. The molecule has 0 aliphatic carbocycles. The fourth-order valence-corrected chi connectivity index (χ4v) is 4.04. The standard InChI is InChI=1S/C19H15N3O3S/c1-21-14-8-4-5-9-15(14)26-19(21)20-16(23)10-11-22-17(24)12-6-2-3-7-13(12)18(22)25/h2-9H,10-11H2,1H3. The lowest BCUT2D eigenvalue weighted by atomic mass is 10.1. The number of rotatable bonds is 3. The Morgan fingerprint density at radius 3 is 2.27 bits per heavy atom. The predicted octanol–water partition coefficient (Wildman–Crippen LogP) is 2.35. The van der Waals surface area contributed by atoms with Gasteiger partial charge in [-0.3, -0.25) is 19.3 Å². The van der Waals surface area contributed by atoms with Gasteiger partial charge in [0, 0.05) is 20.0 Å². The normalized spacial score (nSPS) is 14.3. The fraction of sp³-hybridized carbons (Fsp3) is 0.158. The molecule has 0 radical (unpaired) electrons. The molecule has 0 N–H and O–H groups in total. The summed E-state index contributed by atoms with van der Waals surface area (Å²) in [5, 5.41) is 0. The van der Waals surface area contributed by atoms with Gasteiger partial charge in [0.05, 0.1) is 21.3 Å². The number of hydrogen-bond acceptors (Lipinski definition) is 4. The molecule has 0 atom stereocenters. The van der Waals surface area contributed by atoms with E-state index in [2.05, 4.69) is 4.99 Å². The number of amides is 3. The number of imide groups is 1. The van der Waals surface area contributed by atoms with Gasteiger partial charge < -0.3 is 4.57 Å². The summed E-state index contributed by atoms with van der Waals surface area (Å²) in [6.07, 6.45) is -0.000284. The van der Waals surface area contributed by atoms with Crippen molar-refractivity contribution in [2.45, 2.75) is 6.42 Å². The maximum Gasteiger partial charge on any atom is 0.261 e. The lowest BCUT2D eigenvalue weighted by Gasteiger charge is -2.11. The molecule has 0 saturated carbocycles. The number of nitrogens with zero attached hydrogens (tertiary/aromatic N) is 3. The van der Waals surface area contributed by atoms with E-state index in [0.717, 1.165) is 15.1 Å². The summed E-state index contributed by atoms with van der Waals surface area (Å²) in [5.41, 5.74) is 1.78. The van der Waals surface area contributed by atoms with Crippen LogP contribution in [0.4, 0.5) is 0 Å². The monoisotopic (exact) mass is 365 g/mol. The molecule has 0 saturated heterocycles. The maximum absolute atomic E-state index is 12.3. The average molecular weight is 365 g/mol. The Morgan fingerprint density at radius 1 is 1.00 bits per heavy atom. The second-order valence-corrected chi connectivity index (χ2v) is 6.98. The quantitative estimate of drug-likeness (QED) is 0.669. The van der Waals surface area contributed by atoms with E-state index in [4.69, 9.17) is 0 Å². The molecule has 6 nitrogen and oxygen atoms in total. The highest BCUT2D eigenvalue weighted by atomic mass is 32.1. The molecule has 1 aromatic heterocycles. The first kappa shape index (κ1) is 16.4. The summed E-state index contributed by atoms with van der Waals surface area (Å²) < 4.78 is 2.90. The highest BCUT2D eigenvalue weighted by Gasteiger charge is 2.34. The maximum atomic E-state index is 12.3. The third-order valence-corrected chi connectivity index (χ3v) is 5.48. The van der Waals surface area contributed by atoms with Crippen LogP contribution in [-0.2, 0) is 11.8 Å². The van der Waals surface area contributed by atoms with Crippen molar-refractivity contribution >= 4 is 39.3 Å². The summed E-state index contributed by atoms with van der Waals surface area (Å²) >= 11 is 1.43. The van der Waals surface area contributed by atoms with Gasteiger partial charge in [-0.25, -0.2) is 0 Å². The van der Waals surface area contributed by atoms with Crippen LogP contribution in [0.3, 0.4) is 0 Å². The molecule has 7 heteroatoms. The fourth-order valence-electron chi connectivity index (χ4n) is 3.00. The van der Waals surface area contributed by atoms with Crippen molar-refractivity contribution in [1.82, 2.24) is 9.47 Å². The van der Waals surface area contributed by atoms with E-state index in [0.29, 0.717) is 15.9 Å². The van der Waals surface area contributed by atoms with Crippen molar-refractivity contribution < 1.29 is 14.4 Å². The lowest BCUT2D eigenvalue weighted by Crippen LogP contribution is -2.32. The van der Waals surface area contributed by atoms with Crippen LogP contribution in [0.25, 0.3) is 10.2 Å². The van der Waals surface area contributed by atoms with Crippen molar-refractivity contribution in [3.8, 4) is 0 Å². The Kier molecular flexibility index (Phi) is 4.00. The van der Waals surface area contributed by atoms with Crippen molar-refractivity contribution in [3.05, 3.63) is 64.5 Å². The largest absolute Gasteiger partial charge is 0.319 e.